The van der Waals surface area contributed by atoms with Crippen LogP contribution in [0.2, 0.25) is 18.6 Å². The van der Waals surface area contributed by atoms with Crippen molar-refractivity contribution in [3.63, 3.8) is 0 Å². The Kier molecular flexibility index (Phi) is 11.4. The first-order valence-electron chi connectivity index (χ1n) is 20.0. The van der Waals surface area contributed by atoms with Crippen LogP contribution in [0.5, 0.6) is 5.75 Å². The zero-order valence-corrected chi connectivity index (χ0v) is 36.2. The third-order valence-corrected chi connectivity index (χ3v) is 17.3. The van der Waals surface area contributed by atoms with Gasteiger partial charge in [-0.3, -0.25) is 19.2 Å². The zero-order chi connectivity index (χ0) is 41.3. The topological polar surface area (TPSA) is 110 Å². The van der Waals surface area contributed by atoms with Gasteiger partial charge in [-0.05, 0) is 77.7 Å². The van der Waals surface area contributed by atoms with Crippen LogP contribution in [0.4, 0.5) is 17.1 Å². The molecule has 0 bridgehead atoms. The maximum absolute atomic E-state index is 15.4. The Hall–Kier alpha value is -5.40. The number of aliphatic hydroxyl groups is 1. The number of carbonyl (C=O) groups excluding carboxylic acids is 2. The van der Waals surface area contributed by atoms with Crippen molar-refractivity contribution in [2.24, 2.45) is 5.92 Å². The number of fused-ring (bicyclic) bond motifs is 2. The summed E-state index contributed by atoms with van der Waals surface area (Å²) in [6, 6.07) is 41.5. The second-order valence-electron chi connectivity index (χ2n) is 16.0. The number of methoxy groups -OCH3 is 1. The molecule has 302 valence electrons. The predicted molar refractivity (Wildman–Crippen MR) is 236 cm³/mol. The molecule has 2 aliphatic heterocycles. The molecular weight excluding hydrogens is 823 g/mol. The Balaban J connectivity index is 1.15. The summed E-state index contributed by atoms with van der Waals surface area (Å²) < 4.78 is 15.6. The summed E-state index contributed by atoms with van der Waals surface area (Å²) in [6.45, 7) is 7.67. The molecule has 12 heteroatoms. The molecule has 59 heavy (non-hydrogen) atoms. The van der Waals surface area contributed by atoms with Crippen molar-refractivity contribution in [1.29, 1.82) is 0 Å². The van der Waals surface area contributed by atoms with E-state index in [1.165, 1.54) is 5.19 Å². The van der Waals surface area contributed by atoms with E-state index in [0.29, 0.717) is 30.9 Å². The van der Waals surface area contributed by atoms with E-state index in [0.717, 1.165) is 44.7 Å². The number of anilines is 3. The number of aromatic nitrogens is 3. The fourth-order valence-electron chi connectivity index (χ4n) is 9.46. The fraction of sp³-hybridized carbons (Fsp3) is 0.277. The minimum atomic E-state index is -2.40. The summed E-state index contributed by atoms with van der Waals surface area (Å²) in [5.74, 6) is 0.218. The van der Waals surface area contributed by atoms with Gasteiger partial charge in [0.25, 0.3) is 5.91 Å². The Morgan fingerprint density at radius 3 is 2.36 bits per heavy atom. The van der Waals surface area contributed by atoms with Gasteiger partial charge < -0.3 is 19.5 Å². The van der Waals surface area contributed by atoms with Crippen LogP contribution in [-0.2, 0) is 33.0 Å². The maximum atomic E-state index is 15.4. The van der Waals surface area contributed by atoms with Crippen molar-refractivity contribution >= 4 is 58.6 Å². The summed E-state index contributed by atoms with van der Waals surface area (Å²) in [5, 5.41) is 20.6. The Labute approximate surface area is 354 Å². The van der Waals surface area contributed by atoms with Gasteiger partial charge in [0.05, 0.1) is 51.7 Å². The molecule has 2 amide bonds. The van der Waals surface area contributed by atoms with E-state index < -0.39 is 13.7 Å². The number of amides is 2. The van der Waals surface area contributed by atoms with E-state index >= 15 is 4.79 Å². The molecule has 5 atom stereocenters. The molecule has 10 nitrogen and oxygen atoms in total. The molecule has 1 spiro atoms. The lowest BCUT2D eigenvalue weighted by Crippen LogP contribution is -2.51. The lowest BCUT2D eigenvalue weighted by atomic mass is 9.82. The van der Waals surface area contributed by atoms with Gasteiger partial charge >= 0.3 is 0 Å². The van der Waals surface area contributed by atoms with Crippen LogP contribution < -0.4 is 19.7 Å². The normalized spacial score (nSPS) is 20.5. The summed E-state index contributed by atoms with van der Waals surface area (Å²) in [4.78, 5) is 31.3. The molecule has 1 aromatic heterocycles. The van der Waals surface area contributed by atoms with Crippen molar-refractivity contribution in [3.8, 4) is 5.75 Å². The van der Waals surface area contributed by atoms with Gasteiger partial charge in [0, 0.05) is 40.1 Å². The predicted octanol–water partition coefficient (Wildman–Crippen LogP) is 8.32. The van der Waals surface area contributed by atoms with E-state index in [-0.39, 0.29) is 36.0 Å². The number of rotatable bonds is 14. The number of nitrogens with zero attached hydrogens (tertiary/aromatic N) is 5. The number of para-hydroxylation sites is 1. The Morgan fingerprint density at radius 1 is 0.949 bits per heavy atom. The van der Waals surface area contributed by atoms with Gasteiger partial charge in [-0.25, -0.2) is 0 Å². The van der Waals surface area contributed by atoms with Gasteiger partial charge in [0.15, 0.2) is 5.60 Å². The van der Waals surface area contributed by atoms with E-state index in [2.05, 4.69) is 58.4 Å². The average molecular weight is 871 g/mol. The van der Waals surface area contributed by atoms with Crippen LogP contribution in [0, 0.1) is 5.92 Å². The first-order valence-corrected chi connectivity index (χ1v) is 23.8. The average Bonchev–Trinajstić information content (AvgIpc) is 3.91. The highest BCUT2D eigenvalue weighted by atomic mass is 79.9. The number of halogens is 1. The lowest BCUT2D eigenvalue weighted by molar-refractivity contribution is -0.146. The van der Waals surface area contributed by atoms with Gasteiger partial charge in [-0.2, -0.15) is 0 Å². The van der Waals surface area contributed by atoms with Gasteiger partial charge in [-0.1, -0.05) is 119 Å². The van der Waals surface area contributed by atoms with Gasteiger partial charge in [0.1, 0.15) is 5.75 Å². The molecule has 0 saturated carbocycles. The minimum absolute atomic E-state index is 0.0273. The Morgan fingerprint density at radius 2 is 1.66 bits per heavy atom. The van der Waals surface area contributed by atoms with E-state index in [1.54, 1.807) is 12.0 Å². The highest BCUT2D eigenvalue weighted by molar-refractivity contribution is 9.10. The van der Waals surface area contributed by atoms with Crippen molar-refractivity contribution < 1.29 is 24.2 Å². The van der Waals surface area contributed by atoms with E-state index in [9.17, 15) is 9.90 Å². The second-order valence-corrected chi connectivity index (χ2v) is 21.6. The monoisotopic (exact) mass is 869 g/mol. The molecule has 2 aliphatic rings. The number of aryl methyl sites for hydroxylation is 1. The van der Waals surface area contributed by atoms with Crippen LogP contribution in [0.15, 0.2) is 138 Å². The molecule has 1 unspecified atom stereocenters. The molecule has 1 saturated heterocycles. The molecule has 0 radical (unpaired) electrons. The summed E-state index contributed by atoms with van der Waals surface area (Å²) in [6.07, 6.45) is 3.03. The lowest BCUT2D eigenvalue weighted by Gasteiger charge is -2.37. The summed E-state index contributed by atoms with van der Waals surface area (Å²) in [5.41, 5.74) is 4.47. The van der Waals surface area contributed by atoms with Crippen molar-refractivity contribution in [2.45, 2.75) is 62.7 Å². The highest BCUT2D eigenvalue weighted by Gasteiger charge is 2.66. The first kappa shape index (κ1) is 40.4. The van der Waals surface area contributed by atoms with Gasteiger partial charge in [0.2, 0.25) is 6.41 Å². The second kappa shape index (κ2) is 16.7. The Bertz CT molecular complexity index is 2430. The van der Waals surface area contributed by atoms with Crippen LogP contribution in [0.25, 0.3) is 0 Å². The minimum Gasteiger partial charge on any atom is -0.497 e. The molecule has 0 aliphatic carbocycles. The van der Waals surface area contributed by atoms with E-state index in [1.807, 2.05) is 131 Å². The maximum Gasteiger partial charge on any atom is 0.264 e. The fourth-order valence-corrected chi connectivity index (χ4v) is 13.9. The van der Waals surface area contributed by atoms with Crippen LogP contribution in [-0.4, -0.2) is 60.3 Å². The quantitative estimate of drug-likeness (QED) is 0.0867. The van der Waals surface area contributed by atoms with Crippen molar-refractivity contribution in [1.82, 2.24) is 15.0 Å². The third-order valence-electron chi connectivity index (χ3n) is 12.4. The number of hydrogen-bond donors (Lipinski definition) is 1. The van der Waals surface area contributed by atoms with Crippen LogP contribution in [0.1, 0.15) is 41.6 Å². The smallest absolute Gasteiger partial charge is 0.264 e. The summed E-state index contributed by atoms with van der Waals surface area (Å²) >= 11 is 3.73. The van der Waals surface area contributed by atoms with Gasteiger partial charge in [-0.15, -0.1) is 5.10 Å². The van der Waals surface area contributed by atoms with Crippen molar-refractivity contribution in [2.75, 3.05) is 23.5 Å². The van der Waals surface area contributed by atoms with E-state index in [4.69, 9.17) is 9.47 Å². The SMILES string of the molecule is COc1ccc([Si](C)(C)[C@@H]2[C@@H](CCn3cc(C(CO)c4ccccc4)nn3)O[C@]3(C(=O)N(Cc4cccc(N(C=O)c5ccccc5)c4)c4ccc(Br)cc43)[C@H]2C)cc1. The summed E-state index contributed by atoms with van der Waals surface area (Å²) in [7, 11) is -0.726. The standard InChI is InChI=1S/C47H48BrN5O5Si/c1-32-45(59(3,4)39-21-19-38(57-2)20-22-39)44(24-25-51-29-42(49-50-51)40(30-54)34-13-7-5-8-14-34)58-47(32)41-27-35(48)18-23-43(41)52(46(47)56)28-33-12-11-17-37(26-33)53(31-55)36-15-9-6-10-16-36/h5-23,26-27,29,31-32,40,44-45,54H,24-25,28,30H2,1-4H3/t32-,40?,44+,45-,47+/m0/s1. The molecule has 1 N–H and O–H groups in total. The molecule has 3 heterocycles. The van der Waals surface area contributed by atoms with Crippen molar-refractivity contribution in [3.05, 3.63) is 160 Å². The molecule has 8 rings (SSSR count). The third kappa shape index (κ3) is 7.43. The van der Waals surface area contributed by atoms with Crippen LogP contribution in [0.3, 0.4) is 0 Å². The zero-order valence-electron chi connectivity index (χ0n) is 33.6. The molecule has 1 fully saturated rings. The van der Waals surface area contributed by atoms with Crippen LogP contribution >= 0.6 is 15.9 Å². The number of carbonyl (C=O) groups is 2. The number of benzene rings is 5. The number of hydrogen-bond acceptors (Lipinski definition) is 7. The largest absolute Gasteiger partial charge is 0.497 e. The number of ether oxygens (including phenoxy) is 2. The molecular formula is C47H48BrN5O5Si. The first-order chi connectivity index (χ1) is 28.6. The molecule has 5 aromatic carbocycles. The number of aliphatic hydroxyl groups excluding tert-OH is 1. The molecule has 6 aromatic rings. The highest BCUT2D eigenvalue weighted by Crippen LogP contribution is 2.60.